The van der Waals surface area contributed by atoms with Crippen LogP contribution in [0.25, 0.3) is 0 Å². The highest BCUT2D eigenvalue weighted by atomic mass is 35.5. The minimum atomic E-state index is -0.869. The number of carbonyl (C=O) groups is 2. The Morgan fingerprint density at radius 2 is 1.47 bits per heavy atom. The third kappa shape index (κ3) is 1.91. The van der Waals surface area contributed by atoms with E-state index in [0.717, 1.165) is 6.08 Å². The molecule has 0 aromatic carbocycles. The summed E-state index contributed by atoms with van der Waals surface area (Å²) < 4.78 is 0. The maximum absolute atomic E-state index is 11.2. The standard InChI is InChI=1S/C9HN3O2.ClH/c10-2-5-1-8(13)6(3-11)7(4-12)9(5)14;/h1H;1H. The number of carbonyl (C=O) groups excluding carboxylic acids is 2. The van der Waals surface area contributed by atoms with Gasteiger partial charge in [0.2, 0.25) is 5.78 Å². The molecular formula is C9H2ClN3O2. The van der Waals surface area contributed by atoms with E-state index in [1.165, 1.54) is 18.2 Å². The van der Waals surface area contributed by atoms with Gasteiger partial charge in [0.1, 0.15) is 34.9 Å². The molecule has 0 amide bonds. The first-order valence-electron chi connectivity index (χ1n) is 3.41. The number of rotatable bonds is 0. The molecule has 72 valence electrons. The van der Waals surface area contributed by atoms with Crippen LogP contribution in [0.2, 0.25) is 0 Å². The van der Waals surface area contributed by atoms with Crippen LogP contribution in [0.5, 0.6) is 0 Å². The molecule has 0 aromatic heterocycles. The molecule has 0 saturated carbocycles. The van der Waals surface area contributed by atoms with Crippen molar-refractivity contribution in [3.05, 3.63) is 22.8 Å². The van der Waals surface area contributed by atoms with Gasteiger partial charge in [-0.15, -0.1) is 12.4 Å². The molecule has 0 aromatic rings. The Labute approximate surface area is 90.9 Å². The number of Topliss-reactive ketones (excluding diaryl/α,β-unsaturated/α-hetero) is 1. The summed E-state index contributed by atoms with van der Waals surface area (Å²) in [7, 11) is 0. The first kappa shape index (κ1) is 12.6. The largest absolute Gasteiger partial charge is 0.288 e. The topological polar surface area (TPSA) is 106 Å². The lowest BCUT2D eigenvalue weighted by Gasteiger charge is -2.04. The highest BCUT2D eigenvalue weighted by Gasteiger charge is 2.28. The van der Waals surface area contributed by atoms with E-state index in [0.29, 0.717) is 0 Å². The van der Waals surface area contributed by atoms with Crippen molar-refractivity contribution in [2.24, 2.45) is 0 Å². The van der Waals surface area contributed by atoms with E-state index >= 15 is 0 Å². The van der Waals surface area contributed by atoms with Crippen LogP contribution >= 0.6 is 12.4 Å². The van der Waals surface area contributed by atoms with Gasteiger partial charge in [-0.05, 0) is 0 Å². The van der Waals surface area contributed by atoms with Crippen LogP contribution < -0.4 is 0 Å². The van der Waals surface area contributed by atoms with Crippen molar-refractivity contribution in [1.82, 2.24) is 0 Å². The molecular weight excluding hydrogens is 218 g/mol. The minimum Gasteiger partial charge on any atom is -0.288 e. The van der Waals surface area contributed by atoms with Gasteiger partial charge >= 0.3 is 0 Å². The Kier molecular flexibility index (Phi) is 3.95. The Hall–Kier alpha value is -2.42. The van der Waals surface area contributed by atoms with E-state index in [2.05, 4.69) is 0 Å². The summed E-state index contributed by atoms with van der Waals surface area (Å²) >= 11 is 0. The Balaban J connectivity index is 0.00000196. The van der Waals surface area contributed by atoms with Crippen molar-refractivity contribution in [3.63, 3.8) is 0 Å². The molecule has 0 aliphatic heterocycles. The van der Waals surface area contributed by atoms with E-state index in [-0.39, 0.29) is 12.4 Å². The van der Waals surface area contributed by atoms with E-state index in [4.69, 9.17) is 15.8 Å². The van der Waals surface area contributed by atoms with E-state index in [1.54, 1.807) is 0 Å². The SMILES string of the molecule is Cl.N#CC1=CC(=O)C(C#N)=C(C#N)C1=O. The summed E-state index contributed by atoms with van der Waals surface area (Å²) in [5.74, 6) is -1.65. The molecule has 0 spiro atoms. The second-order valence-electron chi connectivity index (χ2n) is 2.34. The first-order valence-corrected chi connectivity index (χ1v) is 3.41. The third-order valence-corrected chi connectivity index (χ3v) is 1.59. The maximum atomic E-state index is 11.2. The van der Waals surface area contributed by atoms with Gasteiger partial charge < -0.3 is 0 Å². The number of hydrogen-bond acceptors (Lipinski definition) is 5. The van der Waals surface area contributed by atoms with Crippen LogP contribution in [-0.4, -0.2) is 11.6 Å². The fourth-order valence-corrected chi connectivity index (χ4v) is 0.941. The predicted molar refractivity (Wildman–Crippen MR) is 49.2 cm³/mol. The van der Waals surface area contributed by atoms with Crippen LogP contribution in [-0.2, 0) is 9.59 Å². The normalized spacial score (nSPS) is 14.3. The number of hydrogen-bond donors (Lipinski definition) is 0. The second kappa shape index (κ2) is 4.72. The molecule has 1 aliphatic carbocycles. The molecule has 0 saturated heterocycles. The van der Waals surface area contributed by atoms with Crippen molar-refractivity contribution in [2.75, 3.05) is 0 Å². The lowest BCUT2D eigenvalue weighted by atomic mass is 9.91. The van der Waals surface area contributed by atoms with E-state index in [9.17, 15) is 9.59 Å². The monoisotopic (exact) mass is 219 g/mol. The predicted octanol–water partition coefficient (Wildman–Crippen LogP) is 0.354. The van der Waals surface area contributed by atoms with Crippen molar-refractivity contribution in [3.8, 4) is 18.2 Å². The summed E-state index contributed by atoms with van der Waals surface area (Å²) in [6.07, 6.45) is 0.766. The Morgan fingerprint density at radius 3 is 1.87 bits per heavy atom. The van der Waals surface area contributed by atoms with Gasteiger partial charge in [0.25, 0.3) is 0 Å². The molecule has 0 radical (unpaired) electrons. The van der Waals surface area contributed by atoms with Gasteiger partial charge in [0, 0.05) is 6.08 Å². The zero-order chi connectivity index (χ0) is 10.7. The molecule has 0 atom stereocenters. The minimum absolute atomic E-state index is 0. The highest BCUT2D eigenvalue weighted by molar-refractivity contribution is 6.27. The van der Waals surface area contributed by atoms with Gasteiger partial charge in [-0.2, -0.15) is 15.8 Å². The Morgan fingerprint density at radius 1 is 0.933 bits per heavy atom. The molecule has 1 aliphatic rings. The van der Waals surface area contributed by atoms with Crippen LogP contribution in [0.4, 0.5) is 0 Å². The second-order valence-corrected chi connectivity index (χ2v) is 2.34. The van der Waals surface area contributed by atoms with Gasteiger partial charge in [-0.25, -0.2) is 0 Å². The fraction of sp³-hybridized carbons (Fsp3) is 0. The van der Waals surface area contributed by atoms with Gasteiger partial charge in [-0.3, -0.25) is 9.59 Å². The summed E-state index contributed by atoms with van der Waals surface area (Å²) in [4.78, 5) is 22.3. The lowest BCUT2D eigenvalue weighted by molar-refractivity contribution is -0.115. The van der Waals surface area contributed by atoms with Gasteiger partial charge in [-0.1, -0.05) is 0 Å². The van der Waals surface area contributed by atoms with Crippen LogP contribution in [0.1, 0.15) is 0 Å². The molecule has 6 heteroatoms. The molecule has 5 nitrogen and oxygen atoms in total. The summed E-state index contributed by atoms with van der Waals surface area (Å²) in [5.41, 5.74) is -1.47. The van der Waals surface area contributed by atoms with Crippen molar-refractivity contribution in [2.45, 2.75) is 0 Å². The van der Waals surface area contributed by atoms with Crippen molar-refractivity contribution >= 4 is 24.0 Å². The third-order valence-electron chi connectivity index (χ3n) is 1.59. The molecule has 0 heterocycles. The van der Waals surface area contributed by atoms with Gasteiger partial charge in [0.15, 0.2) is 5.78 Å². The number of allylic oxidation sites excluding steroid dienone is 4. The smallest absolute Gasteiger partial charge is 0.215 e. The average Bonchev–Trinajstić information content (AvgIpc) is 2.20. The molecule has 0 unspecified atom stereocenters. The molecule has 15 heavy (non-hydrogen) atoms. The number of nitrogens with zero attached hydrogens (tertiary/aromatic N) is 3. The summed E-state index contributed by atoms with van der Waals surface area (Å²) in [5, 5.41) is 25.5. The maximum Gasteiger partial charge on any atom is 0.215 e. The number of halogens is 1. The first-order chi connectivity index (χ1) is 6.65. The van der Waals surface area contributed by atoms with Crippen LogP contribution in [0, 0.1) is 34.0 Å². The fourth-order valence-electron chi connectivity index (χ4n) is 0.941. The number of nitriles is 3. The highest BCUT2D eigenvalue weighted by Crippen LogP contribution is 2.17. The molecule has 0 N–H and O–H groups in total. The van der Waals surface area contributed by atoms with E-state index in [1.807, 2.05) is 0 Å². The number of ketones is 2. The van der Waals surface area contributed by atoms with Crippen molar-refractivity contribution in [1.29, 1.82) is 15.8 Å². The van der Waals surface area contributed by atoms with Crippen LogP contribution in [0.15, 0.2) is 22.8 Å². The van der Waals surface area contributed by atoms with Crippen molar-refractivity contribution < 1.29 is 9.59 Å². The summed E-state index contributed by atoms with van der Waals surface area (Å²) in [6.45, 7) is 0. The molecule has 1 rings (SSSR count). The van der Waals surface area contributed by atoms with E-state index < -0.39 is 28.3 Å². The zero-order valence-electron chi connectivity index (χ0n) is 7.14. The Bertz CT molecular complexity index is 523. The van der Waals surface area contributed by atoms with Gasteiger partial charge in [0.05, 0.1) is 0 Å². The molecule has 0 fully saturated rings. The quantitative estimate of drug-likeness (QED) is 0.547. The zero-order valence-corrected chi connectivity index (χ0v) is 7.96. The summed E-state index contributed by atoms with van der Waals surface area (Å²) in [6, 6.07) is 4.40. The average molecular weight is 220 g/mol. The lowest BCUT2D eigenvalue weighted by Crippen LogP contribution is -2.17. The van der Waals surface area contributed by atoms with Crippen LogP contribution in [0.3, 0.4) is 0 Å². The molecule has 0 bridgehead atoms.